The molecule has 1 aromatic carbocycles. The molecule has 1 amide bonds. The van der Waals surface area contributed by atoms with Crippen molar-refractivity contribution in [3.63, 3.8) is 0 Å². The average Bonchev–Trinajstić information content (AvgIpc) is 2.90. The number of aliphatic hydroxyl groups is 1. The molecular weight excluding hydrogens is 456 g/mol. The Labute approximate surface area is 212 Å². The van der Waals surface area contributed by atoms with Gasteiger partial charge in [0.25, 0.3) is 5.91 Å². The number of fused-ring (bicyclic) bond motifs is 1. The van der Waals surface area contributed by atoms with Crippen molar-refractivity contribution in [1.29, 1.82) is 0 Å². The van der Waals surface area contributed by atoms with Crippen LogP contribution in [0.3, 0.4) is 0 Å². The van der Waals surface area contributed by atoms with E-state index in [0.717, 1.165) is 29.0 Å². The lowest BCUT2D eigenvalue weighted by Gasteiger charge is -2.37. The summed E-state index contributed by atoms with van der Waals surface area (Å²) in [5.74, 6) is 0.862. The molecule has 2 aromatic heterocycles. The summed E-state index contributed by atoms with van der Waals surface area (Å²) in [6.07, 6.45) is 5.14. The van der Waals surface area contributed by atoms with Crippen LogP contribution >= 0.6 is 0 Å². The fraction of sp³-hybridized carbons (Fsp3) is 0.393. The maximum absolute atomic E-state index is 13.7. The van der Waals surface area contributed by atoms with Gasteiger partial charge in [-0.05, 0) is 49.4 Å². The number of likely N-dealkylation sites (N-methyl/N-ethyl adjacent to an activating group) is 1. The van der Waals surface area contributed by atoms with Crippen LogP contribution in [0, 0.1) is 5.92 Å². The van der Waals surface area contributed by atoms with Gasteiger partial charge >= 0.3 is 0 Å². The van der Waals surface area contributed by atoms with Gasteiger partial charge in [0.1, 0.15) is 17.4 Å². The Morgan fingerprint density at radius 3 is 2.78 bits per heavy atom. The lowest BCUT2D eigenvalue weighted by Crippen LogP contribution is -2.49. The second-order valence-electron chi connectivity index (χ2n) is 9.49. The van der Waals surface area contributed by atoms with E-state index in [2.05, 4.69) is 21.8 Å². The third-order valence-corrected chi connectivity index (χ3v) is 6.59. The van der Waals surface area contributed by atoms with Crippen molar-refractivity contribution in [2.45, 2.75) is 32.5 Å². The lowest BCUT2D eigenvalue weighted by molar-refractivity contribution is 0.0325. The summed E-state index contributed by atoms with van der Waals surface area (Å²) in [6, 6.07) is 13.1. The minimum atomic E-state index is -0.333. The quantitative estimate of drug-likeness (QED) is 0.517. The van der Waals surface area contributed by atoms with Gasteiger partial charge in [0.2, 0.25) is 5.88 Å². The number of pyridine rings is 2. The molecule has 0 fully saturated rings. The fourth-order valence-corrected chi connectivity index (χ4v) is 4.46. The Balaban J connectivity index is 1.66. The van der Waals surface area contributed by atoms with Gasteiger partial charge in [0.15, 0.2) is 0 Å². The highest BCUT2D eigenvalue weighted by atomic mass is 16.5. The van der Waals surface area contributed by atoms with E-state index in [-0.39, 0.29) is 30.6 Å². The van der Waals surface area contributed by atoms with Crippen LogP contribution in [0.25, 0.3) is 11.1 Å². The van der Waals surface area contributed by atoms with Crippen molar-refractivity contribution in [2.24, 2.45) is 5.92 Å². The first-order chi connectivity index (χ1) is 17.4. The molecule has 190 valence electrons. The molecule has 4 rings (SSSR count). The summed E-state index contributed by atoms with van der Waals surface area (Å²) in [6.45, 7) is 5.64. The minimum Gasteiger partial charge on any atom is -0.497 e. The summed E-state index contributed by atoms with van der Waals surface area (Å²) in [5.41, 5.74) is 3.19. The Hall–Kier alpha value is -3.49. The van der Waals surface area contributed by atoms with Crippen molar-refractivity contribution >= 4 is 5.91 Å². The molecule has 0 radical (unpaired) electrons. The van der Waals surface area contributed by atoms with Crippen LogP contribution in [0.5, 0.6) is 11.6 Å². The number of rotatable bonds is 8. The highest BCUT2D eigenvalue weighted by molar-refractivity contribution is 5.98. The molecular formula is C28H34N4O4. The van der Waals surface area contributed by atoms with E-state index in [1.807, 2.05) is 62.6 Å². The molecule has 0 saturated carbocycles. The van der Waals surface area contributed by atoms with Gasteiger partial charge in [-0.25, -0.2) is 4.98 Å². The molecule has 0 aliphatic carbocycles. The van der Waals surface area contributed by atoms with E-state index in [0.29, 0.717) is 24.5 Å². The smallest absolute Gasteiger partial charge is 0.259 e. The average molecular weight is 491 g/mol. The highest BCUT2D eigenvalue weighted by Gasteiger charge is 2.34. The fourth-order valence-electron chi connectivity index (χ4n) is 4.46. The number of benzene rings is 1. The topological polar surface area (TPSA) is 88.0 Å². The monoisotopic (exact) mass is 490 g/mol. The van der Waals surface area contributed by atoms with Gasteiger partial charge < -0.3 is 19.5 Å². The molecule has 36 heavy (non-hydrogen) atoms. The summed E-state index contributed by atoms with van der Waals surface area (Å²) < 4.78 is 11.8. The van der Waals surface area contributed by atoms with Gasteiger partial charge in [0.05, 0.1) is 19.8 Å². The number of carbonyl (C=O) groups is 1. The van der Waals surface area contributed by atoms with E-state index in [4.69, 9.17) is 9.47 Å². The van der Waals surface area contributed by atoms with Crippen LogP contribution in [0.2, 0.25) is 0 Å². The van der Waals surface area contributed by atoms with Gasteiger partial charge in [-0.2, -0.15) is 0 Å². The summed E-state index contributed by atoms with van der Waals surface area (Å²) >= 11 is 0. The van der Waals surface area contributed by atoms with Gasteiger partial charge in [-0.1, -0.05) is 25.1 Å². The number of hydrogen-bond acceptors (Lipinski definition) is 7. The van der Waals surface area contributed by atoms with Crippen molar-refractivity contribution < 1.29 is 19.4 Å². The number of aliphatic hydroxyl groups excluding tert-OH is 1. The van der Waals surface area contributed by atoms with E-state index in [9.17, 15) is 9.90 Å². The molecule has 0 unspecified atom stereocenters. The largest absolute Gasteiger partial charge is 0.497 e. The Morgan fingerprint density at radius 1 is 1.22 bits per heavy atom. The maximum atomic E-state index is 13.7. The van der Waals surface area contributed by atoms with Crippen molar-refractivity contribution in [2.75, 3.05) is 33.9 Å². The van der Waals surface area contributed by atoms with Crippen molar-refractivity contribution in [1.82, 2.24) is 19.8 Å². The SMILES string of the molecule is COc1cccc(-c2cnc3c(c2)C(=O)N([C@@H](C)CO)C[C@@H](C)[C@H](CN(C)Cc2cccnc2)O3)c1. The summed E-state index contributed by atoms with van der Waals surface area (Å²) in [4.78, 5) is 26.4. The first-order valence-electron chi connectivity index (χ1n) is 12.2. The van der Waals surface area contributed by atoms with Crippen molar-refractivity contribution in [3.8, 4) is 22.8 Å². The van der Waals surface area contributed by atoms with Crippen LogP contribution in [-0.4, -0.2) is 76.8 Å². The van der Waals surface area contributed by atoms with Crippen LogP contribution in [0.1, 0.15) is 29.8 Å². The lowest BCUT2D eigenvalue weighted by atomic mass is 9.99. The zero-order valence-corrected chi connectivity index (χ0v) is 21.3. The molecule has 0 bridgehead atoms. The Morgan fingerprint density at radius 2 is 2.06 bits per heavy atom. The standard InChI is InChI=1S/C28H34N4O4/c1-19-15-32(20(2)18-33)28(34)25-12-23(22-8-5-9-24(11-22)35-4)14-30-27(25)36-26(19)17-31(3)16-21-7-6-10-29-13-21/h5-14,19-20,26,33H,15-18H2,1-4H3/t19-,20+,26+/m1/s1. The highest BCUT2D eigenvalue weighted by Crippen LogP contribution is 2.31. The second-order valence-corrected chi connectivity index (χ2v) is 9.49. The van der Waals surface area contributed by atoms with Gasteiger partial charge in [-0.3, -0.25) is 14.7 Å². The number of amides is 1. The number of nitrogens with zero attached hydrogens (tertiary/aromatic N) is 4. The predicted molar refractivity (Wildman–Crippen MR) is 138 cm³/mol. The van der Waals surface area contributed by atoms with E-state index in [1.165, 1.54) is 0 Å². The molecule has 3 atom stereocenters. The normalized spacial score (nSPS) is 18.7. The van der Waals surface area contributed by atoms with Crippen LogP contribution in [-0.2, 0) is 6.54 Å². The molecule has 8 nitrogen and oxygen atoms in total. The second kappa shape index (κ2) is 11.5. The van der Waals surface area contributed by atoms with E-state index < -0.39 is 0 Å². The van der Waals surface area contributed by atoms with Crippen LogP contribution in [0.15, 0.2) is 61.1 Å². The molecule has 0 saturated heterocycles. The Bertz CT molecular complexity index is 1170. The number of aromatic nitrogens is 2. The Kier molecular flexibility index (Phi) is 8.18. The zero-order chi connectivity index (χ0) is 25.7. The van der Waals surface area contributed by atoms with E-state index >= 15 is 0 Å². The third-order valence-electron chi connectivity index (χ3n) is 6.59. The molecule has 1 N–H and O–H groups in total. The third kappa shape index (κ3) is 5.83. The predicted octanol–water partition coefficient (Wildman–Crippen LogP) is 3.50. The number of carbonyl (C=O) groups excluding carboxylic acids is 1. The minimum absolute atomic E-state index is 0.0207. The molecule has 0 spiro atoms. The summed E-state index contributed by atoms with van der Waals surface area (Å²) in [5, 5.41) is 9.90. The molecule has 3 aromatic rings. The number of hydrogen-bond donors (Lipinski definition) is 1. The first kappa shape index (κ1) is 25.6. The number of methoxy groups -OCH3 is 1. The summed E-state index contributed by atoms with van der Waals surface area (Å²) in [7, 11) is 3.66. The van der Waals surface area contributed by atoms with Crippen LogP contribution in [0.4, 0.5) is 0 Å². The maximum Gasteiger partial charge on any atom is 0.259 e. The zero-order valence-electron chi connectivity index (χ0n) is 21.3. The molecule has 1 aliphatic heterocycles. The van der Waals surface area contributed by atoms with Gasteiger partial charge in [-0.15, -0.1) is 0 Å². The molecule has 3 heterocycles. The van der Waals surface area contributed by atoms with Gasteiger partial charge in [0, 0.05) is 49.7 Å². The number of ether oxygens (including phenoxy) is 2. The molecule has 8 heteroatoms. The van der Waals surface area contributed by atoms with E-state index in [1.54, 1.807) is 24.4 Å². The van der Waals surface area contributed by atoms with Crippen molar-refractivity contribution in [3.05, 3.63) is 72.2 Å². The van der Waals surface area contributed by atoms with Crippen LogP contribution < -0.4 is 9.47 Å². The first-order valence-corrected chi connectivity index (χ1v) is 12.2. The molecule has 1 aliphatic rings.